The van der Waals surface area contributed by atoms with Crippen LogP contribution in [0.15, 0.2) is 22.7 Å². The Morgan fingerprint density at radius 3 is 2.94 bits per heavy atom. The van der Waals surface area contributed by atoms with Crippen molar-refractivity contribution in [1.82, 2.24) is 0 Å². The molecule has 0 aliphatic carbocycles. The first kappa shape index (κ1) is 12.1. The Morgan fingerprint density at radius 1 is 1.50 bits per heavy atom. The van der Waals surface area contributed by atoms with Crippen LogP contribution in [0.1, 0.15) is 24.8 Å². The molecule has 2 aliphatic rings. The van der Waals surface area contributed by atoms with E-state index in [4.69, 9.17) is 4.74 Å². The highest BCUT2D eigenvalue weighted by Crippen LogP contribution is 2.49. The summed E-state index contributed by atoms with van der Waals surface area (Å²) in [7, 11) is 0. The lowest BCUT2D eigenvalue weighted by atomic mass is 9.71. The van der Waals surface area contributed by atoms with Crippen molar-refractivity contribution in [2.24, 2.45) is 5.41 Å². The van der Waals surface area contributed by atoms with Gasteiger partial charge in [0.1, 0.15) is 5.82 Å². The molecule has 1 aromatic carbocycles. The molecule has 0 amide bonds. The molecule has 2 saturated heterocycles. The van der Waals surface area contributed by atoms with E-state index < -0.39 is 5.41 Å². The molecule has 1 aromatic rings. The van der Waals surface area contributed by atoms with Crippen LogP contribution >= 0.6 is 15.9 Å². The zero-order valence-electron chi connectivity index (χ0n) is 9.83. The van der Waals surface area contributed by atoms with Crippen molar-refractivity contribution in [3.05, 3.63) is 34.1 Å². The number of halogens is 2. The number of ether oxygens (including phenoxy) is 1. The van der Waals surface area contributed by atoms with Gasteiger partial charge in [0.05, 0.1) is 23.7 Å². The molecule has 94 valence electrons. The van der Waals surface area contributed by atoms with Crippen molar-refractivity contribution >= 4 is 15.9 Å². The first-order chi connectivity index (χ1) is 8.63. The number of nitrogens with zero attached hydrogens (tertiary/aromatic N) is 1. The molecule has 0 spiro atoms. The molecule has 0 aromatic heterocycles. The molecule has 2 bridgehead atoms. The van der Waals surface area contributed by atoms with Gasteiger partial charge in [0.25, 0.3) is 0 Å². The van der Waals surface area contributed by atoms with Crippen LogP contribution in [0.5, 0.6) is 0 Å². The number of nitriles is 1. The van der Waals surface area contributed by atoms with E-state index in [0.29, 0.717) is 6.42 Å². The predicted molar refractivity (Wildman–Crippen MR) is 68.4 cm³/mol. The van der Waals surface area contributed by atoms with Crippen molar-refractivity contribution in [3.63, 3.8) is 0 Å². The fourth-order valence-electron chi connectivity index (χ4n) is 3.16. The predicted octanol–water partition coefficient (Wildman–Crippen LogP) is 3.59. The van der Waals surface area contributed by atoms with E-state index in [9.17, 15) is 9.65 Å². The molecule has 2 heterocycles. The van der Waals surface area contributed by atoms with Crippen molar-refractivity contribution in [1.29, 1.82) is 5.26 Å². The molecule has 3 rings (SSSR count). The molecular weight excluding hydrogens is 297 g/mol. The third-order valence-corrected chi connectivity index (χ3v) is 4.83. The van der Waals surface area contributed by atoms with Gasteiger partial charge in [-0.15, -0.1) is 0 Å². The lowest BCUT2D eigenvalue weighted by Gasteiger charge is -2.28. The van der Waals surface area contributed by atoms with Gasteiger partial charge in [0.15, 0.2) is 0 Å². The molecular formula is C14H13BrFNO. The summed E-state index contributed by atoms with van der Waals surface area (Å²) in [6.45, 7) is 0. The smallest absolute Gasteiger partial charge is 0.123 e. The number of fused-ring (bicyclic) bond motifs is 2. The van der Waals surface area contributed by atoms with Crippen LogP contribution in [-0.2, 0) is 11.2 Å². The highest BCUT2D eigenvalue weighted by molar-refractivity contribution is 9.10. The number of rotatable bonds is 2. The average molecular weight is 310 g/mol. The normalized spacial score (nSPS) is 33.6. The largest absolute Gasteiger partial charge is 0.373 e. The monoisotopic (exact) mass is 309 g/mol. The zero-order valence-corrected chi connectivity index (χ0v) is 11.4. The summed E-state index contributed by atoms with van der Waals surface area (Å²) in [4.78, 5) is 0. The SMILES string of the molecule is N#CC1(Cc2cc(F)ccc2Br)CC2CCC1O2. The van der Waals surface area contributed by atoms with Gasteiger partial charge in [-0.2, -0.15) is 5.26 Å². The molecule has 0 saturated carbocycles. The van der Waals surface area contributed by atoms with Crippen molar-refractivity contribution in [3.8, 4) is 6.07 Å². The van der Waals surface area contributed by atoms with Gasteiger partial charge in [0, 0.05) is 4.47 Å². The van der Waals surface area contributed by atoms with E-state index in [1.165, 1.54) is 12.1 Å². The van der Waals surface area contributed by atoms with Crippen LogP contribution in [0.2, 0.25) is 0 Å². The third kappa shape index (κ3) is 1.86. The molecule has 0 radical (unpaired) electrons. The number of hydrogen-bond acceptors (Lipinski definition) is 2. The van der Waals surface area contributed by atoms with Gasteiger partial charge in [0.2, 0.25) is 0 Å². The van der Waals surface area contributed by atoms with Crippen molar-refractivity contribution in [2.75, 3.05) is 0 Å². The number of hydrogen-bond donors (Lipinski definition) is 0. The average Bonchev–Trinajstić information content (AvgIpc) is 2.94. The summed E-state index contributed by atoms with van der Waals surface area (Å²) in [6.07, 6.45) is 3.58. The Bertz CT molecular complexity index is 527. The van der Waals surface area contributed by atoms with Crippen molar-refractivity contribution in [2.45, 2.75) is 37.9 Å². The van der Waals surface area contributed by atoms with Gasteiger partial charge in [-0.1, -0.05) is 15.9 Å². The summed E-state index contributed by atoms with van der Waals surface area (Å²) in [6, 6.07) is 7.06. The van der Waals surface area contributed by atoms with E-state index in [2.05, 4.69) is 22.0 Å². The second-order valence-electron chi connectivity index (χ2n) is 5.21. The van der Waals surface area contributed by atoms with Gasteiger partial charge in [-0.25, -0.2) is 4.39 Å². The van der Waals surface area contributed by atoms with Gasteiger partial charge >= 0.3 is 0 Å². The first-order valence-electron chi connectivity index (χ1n) is 6.14. The molecule has 3 atom stereocenters. The van der Waals surface area contributed by atoms with E-state index in [1.54, 1.807) is 6.07 Å². The van der Waals surface area contributed by atoms with Crippen LogP contribution in [0.25, 0.3) is 0 Å². The van der Waals surface area contributed by atoms with Gasteiger partial charge in [-0.05, 0) is 49.4 Å². The molecule has 2 nitrogen and oxygen atoms in total. The summed E-state index contributed by atoms with van der Waals surface area (Å²) in [5.74, 6) is -0.259. The van der Waals surface area contributed by atoms with E-state index in [-0.39, 0.29) is 18.0 Å². The zero-order chi connectivity index (χ0) is 12.8. The highest BCUT2D eigenvalue weighted by atomic mass is 79.9. The second kappa shape index (κ2) is 4.32. The Balaban J connectivity index is 1.91. The summed E-state index contributed by atoms with van der Waals surface area (Å²) >= 11 is 3.43. The summed E-state index contributed by atoms with van der Waals surface area (Å²) in [5, 5.41) is 9.52. The Kier molecular flexibility index (Phi) is 2.91. The Morgan fingerprint density at radius 2 is 2.33 bits per heavy atom. The van der Waals surface area contributed by atoms with Crippen LogP contribution in [0.3, 0.4) is 0 Å². The molecule has 2 aliphatic heterocycles. The second-order valence-corrected chi connectivity index (χ2v) is 6.06. The fraction of sp³-hybridized carbons (Fsp3) is 0.500. The minimum atomic E-state index is -0.473. The van der Waals surface area contributed by atoms with E-state index in [0.717, 1.165) is 29.3 Å². The van der Waals surface area contributed by atoms with Crippen molar-refractivity contribution < 1.29 is 9.13 Å². The molecule has 0 N–H and O–H groups in total. The highest BCUT2D eigenvalue weighted by Gasteiger charge is 2.52. The summed E-state index contributed by atoms with van der Waals surface area (Å²) in [5.41, 5.74) is 0.381. The Labute approximate surface area is 114 Å². The lowest BCUT2D eigenvalue weighted by molar-refractivity contribution is 0.0787. The molecule has 4 heteroatoms. The topological polar surface area (TPSA) is 33.0 Å². The summed E-state index contributed by atoms with van der Waals surface area (Å²) < 4.78 is 20.0. The first-order valence-corrected chi connectivity index (χ1v) is 6.93. The maximum Gasteiger partial charge on any atom is 0.123 e. The van der Waals surface area contributed by atoms with E-state index >= 15 is 0 Å². The van der Waals surface area contributed by atoms with Gasteiger partial charge in [-0.3, -0.25) is 0 Å². The molecule has 3 unspecified atom stereocenters. The standard InChI is InChI=1S/C14H13BrFNO/c15-12-3-1-10(16)5-9(12)6-14(8-17)7-11-2-4-13(14)18-11/h1,3,5,11,13H,2,4,6-7H2. The maximum atomic E-state index is 13.3. The van der Waals surface area contributed by atoms with Crippen LogP contribution in [-0.4, -0.2) is 12.2 Å². The Hall–Kier alpha value is -0.920. The van der Waals surface area contributed by atoms with E-state index in [1.807, 2.05) is 0 Å². The minimum absolute atomic E-state index is 0.0164. The van der Waals surface area contributed by atoms with Crippen LogP contribution in [0.4, 0.5) is 4.39 Å². The molecule has 2 fully saturated rings. The lowest BCUT2D eigenvalue weighted by Crippen LogP contribution is -2.33. The fourth-order valence-corrected chi connectivity index (χ4v) is 3.55. The van der Waals surface area contributed by atoms with Crippen LogP contribution in [0, 0.1) is 22.6 Å². The third-order valence-electron chi connectivity index (χ3n) is 4.05. The quantitative estimate of drug-likeness (QED) is 0.836. The van der Waals surface area contributed by atoms with Gasteiger partial charge < -0.3 is 4.74 Å². The molecule has 18 heavy (non-hydrogen) atoms. The maximum absolute atomic E-state index is 13.3. The number of benzene rings is 1. The van der Waals surface area contributed by atoms with Crippen LogP contribution < -0.4 is 0 Å². The minimum Gasteiger partial charge on any atom is -0.373 e.